The van der Waals surface area contributed by atoms with Crippen molar-refractivity contribution >= 4 is 26.6 Å². The fourth-order valence-electron chi connectivity index (χ4n) is 4.85. The Morgan fingerprint density at radius 1 is 0.935 bits per heavy atom. The SMILES string of the molecule is CC1(CS(C)(=O)=O)C(=O)n2c(c(-c3ccccc3)c3c(F)cccc32)-c2ccccc21. The molecule has 1 aromatic heterocycles. The van der Waals surface area contributed by atoms with Gasteiger partial charge >= 0.3 is 0 Å². The van der Waals surface area contributed by atoms with E-state index in [4.69, 9.17) is 0 Å². The third-order valence-electron chi connectivity index (χ3n) is 6.01. The van der Waals surface area contributed by atoms with Crippen molar-refractivity contribution < 1.29 is 17.6 Å². The Kier molecular flexibility index (Phi) is 4.21. The first kappa shape index (κ1) is 19.7. The van der Waals surface area contributed by atoms with E-state index in [1.165, 1.54) is 10.6 Å². The number of halogens is 1. The molecule has 1 atom stereocenters. The Labute approximate surface area is 179 Å². The van der Waals surface area contributed by atoms with Gasteiger partial charge in [0, 0.05) is 22.8 Å². The van der Waals surface area contributed by atoms with Crippen LogP contribution in [0.25, 0.3) is 33.3 Å². The minimum absolute atomic E-state index is 0.328. The van der Waals surface area contributed by atoms with Crippen molar-refractivity contribution in [3.63, 3.8) is 0 Å². The van der Waals surface area contributed by atoms with Crippen LogP contribution < -0.4 is 0 Å². The van der Waals surface area contributed by atoms with Crippen LogP contribution in [-0.4, -0.2) is 30.9 Å². The minimum atomic E-state index is -3.48. The highest BCUT2D eigenvalue weighted by Gasteiger charge is 2.46. The van der Waals surface area contributed by atoms with E-state index in [2.05, 4.69) is 0 Å². The average Bonchev–Trinajstić information content (AvgIpc) is 3.08. The number of fused-ring (bicyclic) bond motifs is 5. The summed E-state index contributed by atoms with van der Waals surface area (Å²) in [5.41, 5.74) is 2.55. The standard InChI is InChI=1S/C25H20FNO3S/c1-25(15-31(2,29)30)18-12-7-6-11-17(18)23-21(16-9-4-3-5-10-16)22-19(26)13-8-14-20(22)27(23)24(25)28/h3-14H,15H2,1-2H3. The number of nitrogens with zero attached hydrogens (tertiary/aromatic N) is 1. The number of hydrogen-bond acceptors (Lipinski definition) is 3. The summed E-state index contributed by atoms with van der Waals surface area (Å²) >= 11 is 0. The second-order valence-electron chi connectivity index (χ2n) is 8.31. The molecule has 1 aliphatic heterocycles. The van der Waals surface area contributed by atoms with Crippen LogP contribution in [-0.2, 0) is 15.3 Å². The minimum Gasteiger partial charge on any atom is -0.278 e. The first-order chi connectivity index (χ1) is 14.7. The summed E-state index contributed by atoms with van der Waals surface area (Å²) in [6.45, 7) is 1.66. The summed E-state index contributed by atoms with van der Waals surface area (Å²) in [6.07, 6.45) is 1.13. The van der Waals surface area contributed by atoms with Crippen molar-refractivity contribution in [3.05, 3.63) is 84.2 Å². The topological polar surface area (TPSA) is 56.1 Å². The van der Waals surface area contributed by atoms with Crippen molar-refractivity contribution in [1.29, 1.82) is 0 Å². The van der Waals surface area contributed by atoms with Gasteiger partial charge in [-0.1, -0.05) is 60.7 Å². The Balaban J connectivity index is 1.98. The maximum absolute atomic E-state index is 15.2. The first-order valence-corrected chi connectivity index (χ1v) is 12.0. The first-order valence-electron chi connectivity index (χ1n) is 9.93. The molecule has 3 aromatic carbocycles. The van der Waals surface area contributed by atoms with Crippen LogP contribution in [0, 0.1) is 5.82 Å². The van der Waals surface area contributed by atoms with Crippen molar-refractivity contribution in [2.24, 2.45) is 0 Å². The molecule has 0 radical (unpaired) electrons. The normalized spacial score (nSPS) is 18.1. The van der Waals surface area contributed by atoms with E-state index in [1.54, 1.807) is 31.2 Å². The molecule has 5 rings (SSSR count). The Morgan fingerprint density at radius 2 is 1.61 bits per heavy atom. The summed E-state index contributed by atoms with van der Waals surface area (Å²) in [7, 11) is -3.48. The van der Waals surface area contributed by atoms with Gasteiger partial charge in [0.2, 0.25) is 5.91 Å². The van der Waals surface area contributed by atoms with Gasteiger partial charge in [0.1, 0.15) is 15.7 Å². The summed E-state index contributed by atoms with van der Waals surface area (Å²) in [5, 5.41) is 0.357. The lowest BCUT2D eigenvalue weighted by atomic mass is 9.76. The van der Waals surface area contributed by atoms with E-state index >= 15 is 4.39 Å². The highest BCUT2D eigenvalue weighted by molar-refractivity contribution is 7.90. The molecule has 0 saturated heterocycles. The van der Waals surface area contributed by atoms with Gasteiger partial charge in [0.25, 0.3) is 0 Å². The second kappa shape index (κ2) is 6.62. The largest absolute Gasteiger partial charge is 0.278 e. The molecule has 0 amide bonds. The zero-order chi connectivity index (χ0) is 22.0. The third-order valence-corrected chi connectivity index (χ3v) is 7.11. The quantitative estimate of drug-likeness (QED) is 0.453. The molecule has 6 heteroatoms. The zero-order valence-corrected chi connectivity index (χ0v) is 17.9. The van der Waals surface area contributed by atoms with Gasteiger partial charge in [-0.2, -0.15) is 0 Å². The van der Waals surface area contributed by atoms with Crippen LogP contribution in [0.1, 0.15) is 17.3 Å². The molecule has 4 aromatic rings. The molecule has 4 nitrogen and oxygen atoms in total. The predicted molar refractivity (Wildman–Crippen MR) is 120 cm³/mol. The van der Waals surface area contributed by atoms with Crippen LogP contribution >= 0.6 is 0 Å². The van der Waals surface area contributed by atoms with E-state index in [9.17, 15) is 13.2 Å². The van der Waals surface area contributed by atoms with E-state index in [-0.39, 0.29) is 11.7 Å². The molecular formula is C25H20FNO3S. The average molecular weight is 434 g/mol. The van der Waals surface area contributed by atoms with Crippen molar-refractivity contribution in [2.75, 3.05) is 12.0 Å². The van der Waals surface area contributed by atoms with E-state index in [0.717, 1.165) is 17.4 Å². The summed E-state index contributed by atoms with van der Waals surface area (Å²) < 4.78 is 41.3. The van der Waals surface area contributed by atoms with Crippen LogP contribution in [0.2, 0.25) is 0 Å². The maximum Gasteiger partial charge on any atom is 0.243 e. The highest BCUT2D eigenvalue weighted by atomic mass is 32.2. The molecule has 0 bridgehead atoms. The van der Waals surface area contributed by atoms with Crippen molar-refractivity contribution in [3.8, 4) is 22.4 Å². The van der Waals surface area contributed by atoms with Gasteiger partial charge in [-0.25, -0.2) is 12.8 Å². The van der Waals surface area contributed by atoms with Gasteiger partial charge in [-0.05, 0) is 30.2 Å². The molecule has 0 N–H and O–H groups in total. The van der Waals surface area contributed by atoms with Gasteiger partial charge in [-0.15, -0.1) is 0 Å². The monoisotopic (exact) mass is 433 g/mol. The van der Waals surface area contributed by atoms with Crippen LogP contribution in [0.4, 0.5) is 4.39 Å². The summed E-state index contributed by atoms with van der Waals surface area (Å²) in [4.78, 5) is 13.9. The predicted octanol–water partition coefficient (Wildman–Crippen LogP) is 5.07. The van der Waals surface area contributed by atoms with Gasteiger partial charge in [0.05, 0.1) is 22.4 Å². The number of aromatic nitrogens is 1. The molecular weight excluding hydrogens is 413 g/mol. The Bertz CT molecular complexity index is 1470. The molecule has 0 aliphatic carbocycles. The number of carbonyl (C=O) groups excluding carboxylic acids is 1. The molecule has 31 heavy (non-hydrogen) atoms. The molecule has 0 fully saturated rings. The Morgan fingerprint density at radius 3 is 2.32 bits per heavy atom. The number of rotatable bonds is 3. The number of sulfone groups is 1. The van der Waals surface area contributed by atoms with Crippen LogP contribution in [0.15, 0.2) is 72.8 Å². The van der Waals surface area contributed by atoms with Gasteiger partial charge in [0.15, 0.2) is 0 Å². The summed E-state index contributed by atoms with van der Waals surface area (Å²) in [5.74, 6) is -1.12. The molecule has 2 heterocycles. The number of hydrogen-bond donors (Lipinski definition) is 0. The molecule has 156 valence electrons. The lowest BCUT2D eigenvalue weighted by molar-refractivity contribution is 0.0826. The number of benzene rings is 3. The van der Waals surface area contributed by atoms with Gasteiger partial charge in [-0.3, -0.25) is 9.36 Å². The van der Waals surface area contributed by atoms with Crippen molar-refractivity contribution in [1.82, 2.24) is 4.57 Å². The summed E-state index contributed by atoms with van der Waals surface area (Å²) in [6, 6.07) is 21.4. The van der Waals surface area contributed by atoms with E-state index in [1.807, 2.05) is 42.5 Å². The Hall–Kier alpha value is -3.25. The third kappa shape index (κ3) is 2.86. The lowest BCUT2D eigenvalue weighted by Crippen LogP contribution is -2.45. The fourth-order valence-corrected chi connectivity index (χ4v) is 6.17. The van der Waals surface area contributed by atoms with E-state index in [0.29, 0.717) is 27.7 Å². The number of carbonyl (C=O) groups is 1. The molecule has 1 aliphatic rings. The zero-order valence-electron chi connectivity index (χ0n) is 17.1. The van der Waals surface area contributed by atoms with Crippen molar-refractivity contribution in [2.45, 2.75) is 12.3 Å². The second-order valence-corrected chi connectivity index (χ2v) is 10.5. The van der Waals surface area contributed by atoms with E-state index < -0.39 is 21.1 Å². The maximum atomic E-state index is 15.2. The smallest absolute Gasteiger partial charge is 0.243 e. The fraction of sp³-hybridized carbons (Fsp3) is 0.160. The van der Waals surface area contributed by atoms with Gasteiger partial charge < -0.3 is 0 Å². The highest BCUT2D eigenvalue weighted by Crippen LogP contribution is 2.49. The molecule has 0 spiro atoms. The van der Waals surface area contributed by atoms with Crippen LogP contribution in [0.5, 0.6) is 0 Å². The molecule has 0 saturated carbocycles. The molecule has 1 unspecified atom stereocenters. The van der Waals surface area contributed by atoms with Crippen LogP contribution in [0.3, 0.4) is 0 Å². The lowest BCUT2D eigenvalue weighted by Gasteiger charge is -2.35.